The summed E-state index contributed by atoms with van der Waals surface area (Å²) in [5, 5.41) is 17.1. The van der Waals surface area contributed by atoms with Gasteiger partial charge in [-0.25, -0.2) is 4.79 Å². The number of hydrogen-bond donors (Lipinski definition) is 6. The predicted octanol–water partition coefficient (Wildman–Crippen LogP) is 0.628. The molecule has 0 aliphatic rings. The van der Waals surface area contributed by atoms with Crippen molar-refractivity contribution in [3.63, 3.8) is 0 Å². The number of thiol groups is 1. The Morgan fingerprint density at radius 3 is 1.94 bits per heavy atom. The van der Waals surface area contributed by atoms with Crippen molar-refractivity contribution in [2.75, 3.05) is 17.8 Å². The normalized spacial score (nSPS) is 16.0. The Labute approximate surface area is 194 Å². The zero-order valence-corrected chi connectivity index (χ0v) is 20.7. The van der Waals surface area contributed by atoms with Crippen molar-refractivity contribution in [1.29, 1.82) is 0 Å². The zero-order chi connectivity index (χ0) is 24.1. The first-order chi connectivity index (χ1) is 14.5. The topological polar surface area (TPSA) is 151 Å². The minimum atomic E-state index is -1.13. The largest absolute Gasteiger partial charge is 0.480 e. The van der Waals surface area contributed by atoms with Gasteiger partial charge in [-0.1, -0.05) is 34.1 Å². The van der Waals surface area contributed by atoms with Gasteiger partial charge in [-0.05, 0) is 36.7 Å². The first kappa shape index (κ1) is 29.5. The number of carbonyl (C=O) groups is 4. The van der Waals surface area contributed by atoms with Crippen LogP contribution in [-0.2, 0) is 19.2 Å². The van der Waals surface area contributed by atoms with E-state index in [0.29, 0.717) is 18.6 Å². The third-order valence-corrected chi connectivity index (χ3v) is 5.95. The minimum Gasteiger partial charge on any atom is -0.480 e. The number of rotatable bonds is 15. The standard InChI is InChI=1S/C20H38N4O5S2/c1-6-12(4)16(21)19(27)24-15(10-30)18(26)22-13(7-8-31-5)17(25)23-14(20(28)29)9-11(2)3/h11-16,30H,6-10,21H2,1-5H3,(H,22,26)(H,23,25)(H,24,27)(H,28,29). The van der Waals surface area contributed by atoms with Crippen LogP contribution in [0.2, 0.25) is 0 Å². The lowest BCUT2D eigenvalue weighted by Crippen LogP contribution is -2.58. The van der Waals surface area contributed by atoms with E-state index in [1.165, 1.54) is 11.8 Å². The Kier molecular flexibility index (Phi) is 14.6. The van der Waals surface area contributed by atoms with Crippen LogP contribution in [0.3, 0.4) is 0 Å². The first-order valence-electron chi connectivity index (χ1n) is 10.5. The van der Waals surface area contributed by atoms with Gasteiger partial charge in [0.2, 0.25) is 17.7 Å². The van der Waals surface area contributed by atoms with Gasteiger partial charge in [-0.2, -0.15) is 24.4 Å². The summed E-state index contributed by atoms with van der Waals surface area (Å²) < 4.78 is 0. The summed E-state index contributed by atoms with van der Waals surface area (Å²) in [6, 6.07) is -3.71. The molecular weight excluding hydrogens is 440 g/mol. The molecule has 0 aliphatic carbocycles. The molecule has 0 aromatic heterocycles. The van der Waals surface area contributed by atoms with Gasteiger partial charge in [0.1, 0.15) is 18.1 Å². The number of carboxylic acid groups (broad SMARTS) is 1. The van der Waals surface area contributed by atoms with Gasteiger partial charge in [0.25, 0.3) is 0 Å². The Morgan fingerprint density at radius 1 is 0.968 bits per heavy atom. The van der Waals surface area contributed by atoms with E-state index in [1.807, 2.05) is 34.0 Å². The van der Waals surface area contributed by atoms with Crippen LogP contribution in [0.5, 0.6) is 0 Å². The second kappa shape index (κ2) is 15.4. The maximum Gasteiger partial charge on any atom is 0.326 e. The van der Waals surface area contributed by atoms with Crippen LogP contribution >= 0.6 is 24.4 Å². The molecule has 0 bridgehead atoms. The highest BCUT2D eigenvalue weighted by Gasteiger charge is 2.30. The van der Waals surface area contributed by atoms with E-state index in [2.05, 4.69) is 28.6 Å². The van der Waals surface area contributed by atoms with Crippen molar-refractivity contribution in [3.8, 4) is 0 Å². The highest BCUT2D eigenvalue weighted by Crippen LogP contribution is 2.08. The summed E-state index contributed by atoms with van der Waals surface area (Å²) in [5.41, 5.74) is 5.92. The number of thioether (sulfide) groups is 1. The fourth-order valence-corrected chi connectivity index (χ4v) is 3.44. The van der Waals surface area contributed by atoms with Gasteiger partial charge in [-0.3, -0.25) is 14.4 Å². The van der Waals surface area contributed by atoms with Gasteiger partial charge in [0.05, 0.1) is 6.04 Å². The lowest BCUT2D eigenvalue weighted by Gasteiger charge is -2.25. The van der Waals surface area contributed by atoms with Crippen LogP contribution < -0.4 is 21.7 Å². The number of nitrogens with two attached hydrogens (primary N) is 1. The molecule has 9 nitrogen and oxygen atoms in total. The smallest absolute Gasteiger partial charge is 0.326 e. The highest BCUT2D eigenvalue weighted by molar-refractivity contribution is 7.98. The third kappa shape index (κ3) is 11.1. The van der Waals surface area contributed by atoms with Crippen LogP contribution in [-0.4, -0.2) is 70.7 Å². The molecule has 0 aliphatic heterocycles. The number of nitrogens with one attached hydrogen (secondary N) is 3. The number of carbonyl (C=O) groups excluding carboxylic acids is 3. The molecule has 0 rings (SSSR count). The van der Waals surface area contributed by atoms with Crippen LogP contribution in [0.25, 0.3) is 0 Å². The maximum absolute atomic E-state index is 12.7. The summed E-state index contributed by atoms with van der Waals surface area (Å²) >= 11 is 5.63. The highest BCUT2D eigenvalue weighted by atomic mass is 32.2. The molecule has 0 aromatic rings. The second-order valence-corrected chi connectivity index (χ2v) is 9.38. The Hall–Kier alpha value is -1.46. The molecule has 0 heterocycles. The predicted molar refractivity (Wildman–Crippen MR) is 127 cm³/mol. The lowest BCUT2D eigenvalue weighted by atomic mass is 9.99. The zero-order valence-electron chi connectivity index (χ0n) is 19.0. The fraction of sp³-hybridized carbons (Fsp3) is 0.800. The maximum atomic E-state index is 12.7. The van der Waals surface area contributed by atoms with Gasteiger partial charge >= 0.3 is 5.97 Å². The van der Waals surface area contributed by atoms with Gasteiger partial charge < -0.3 is 26.8 Å². The van der Waals surface area contributed by atoms with E-state index in [4.69, 9.17) is 5.73 Å². The first-order valence-corrected chi connectivity index (χ1v) is 12.5. The molecular formula is C20H38N4O5S2. The van der Waals surface area contributed by atoms with Crippen molar-refractivity contribution >= 4 is 48.1 Å². The quantitative estimate of drug-likeness (QED) is 0.189. The van der Waals surface area contributed by atoms with Gasteiger partial charge in [-0.15, -0.1) is 0 Å². The monoisotopic (exact) mass is 478 g/mol. The van der Waals surface area contributed by atoms with E-state index in [9.17, 15) is 24.3 Å². The van der Waals surface area contributed by atoms with Crippen molar-refractivity contribution in [2.45, 2.75) is 71.1 Å². The van der Waals surface area contributed by atoms with Crippen LogP contribution in [0, 0.1) is 11.8 Å². The summed E-state index contributed by atoms with van der Waals surface area (Å²) in [6.45, 7) is 7.48. The molecule has 0 radical (unpaired) electrons. The molecule has 0 saturated carbocycles. The molecule has 31 heavy (non-hydrogen) atoms. The van der Waals surface area contributed by atoms with E-state index < -0.39 is 47.9 Å². The van der Waals surface area contributed by atoms with Gasteiger partial charge in [0, 0.05) is 5.75 Å². The van der Waals surface area contributed by atoms with E-state index in [1.54, 1.807) is 0 Å². The average molecular weight is 479 g/mol. The molecule has 0 aromatic carbocycles. The molecule has 6 N–H and O–H groups in total. The fourth-order valence-electron chi connectivity index (χ4n) is 2.72. The van der Waals surface area contributed by atoms with Crippen molar-refractivity contribution in [2.24, 2.45) is 17.6 Å². The van der Waals surface area contributed by atoms with Crippen molar-refractivity contribution in [3.05, 3.63) is 0 Å². The molecule has 180 valence electrons. The lowest BCUT2D eigenvalue weighted by molar-refractivity contribution is -0.142. The number of carboxylic acids is 1. The molecule has 3 amide bonds. The van der Waals surface area contributed by atoms with Crippen LogP contribution in [0.15, 0.2) is 0 Å². The molecule has 5 unspecified atom stereocenters. The summed E-state index contributed by atoms with van der Waals surface area (Å²) in [4.78, 5) is 49.3. The Bertz CT molecular complexity index is 606. The average Bonchev–Trinajstić information content (AvgIpc) is 2.72. The summed E-state index contributed by atoms with van der Waals surface area (Å²) in [5.74, 6) is -2.12. The van der Waals surface area contributed by atoms with E-state index in [0.717, 1.165) is 0 Å². The molecule has 11 heteroatoms. The third-order valence-electron chi connectivity index (χ3n) is 4.94. The van der Waals surface area contributed by atoms with Crippen molar-refractivity contribution < 1.29 is 24.3 Å². The number of aliphatic carboxylic acids is 1. The second-order valence-electron chi connectivity index (χ2n) is 8.03. The Morgan fingerprint density at radius 2 is 1.48 bits per heavy atom. The minimum absolute atomic E-state index is 0.0206. The van der Waals surface area contributed by atoms with Crippen LogP contribution in [0.1, 0.15) is 47.0 Å². The van der Waals surface area contributed by atoms with E-state index in [-0.39, 0.29) is 24.0 Å². The SMILES string of the molecule is CCC(C)C(N)C(=O)NC(CS)C(=O)NC(CCSC)C(=O)NC(CC(C)C)C(=O)O. The summed E-state index contributed by atoms with van der Waals surface area (Å²) in [6.07, 6.45) is 3.16. The Balaban J connectivity index is 5.25. The number of amides is 3. The molecule has 0 spiro atoms. The van der Waals surface area contributed by atoms with Gasteiger partial charge in [0.15, 0.2) is 0 Å². The van der Waals surface area contributed by atoms with Crippen molar-refractivity contribution in [1.82, 2.24) is 16.0 Å². The molecule has 0 saturated heterocycles. The number of hydrogen-bond acceptors (Lipinski definition) is 7. The molecule has 5 atom stereocenters. The summed E-state index contributed by atoms with van der Waals surface area (Å²) in [7, 11) is 0. The van der Waals surface area contributed by atoms with Crippen LogP contribution in [0.4, 0.5) is 0 Å². The van der Waals surface area contributed by atoms with E-state index >= 15 is 0 Å². The molecule has 0 fully saturated rings.